The first kappa shape index (κ1) is 48.4. The molecule has 1 unspecified atom stereocenters. The summed E-state index contributed by atoms with van der Waals surface area (Å²) in [5.41, 5.74) is 13.8. The van der Waals surface area contributed by atoms with Gasteiger partial charge in [-0.1, -0.05) is 138 Å². The smallest absolute Gasteiger partial charge is 0.305 e. The van der Waals surface area contributed by atoms with E-state index in [1.807, 2.05) is 13.0 Å². The molecule has 6 rings (SSSR count). The van der Waals surface area contributed by atoms with Gasteiger partial charge in [-0.15, -0.1) is 0 Å². The van der Waals surface area contributed by atoms with Crippen molar-refractivity contribution >= 4 is 23.1 Å². The number of carbonyl (C=O) groups is 1. The topological polar surface area (TPSA) is 116 Å². The van der Waals surface area contributed by atoms with Crippen LogP contribution in [0.4, 0.5) is 0 Å². The maximum absolute atomic E-state index is 13.3. The van der Waals surface area contributed by atoms with E-state index in [2.05, 4.69) is 65.9 Å². The van der Waals surface area contributed by atoms with Crippen molar-refractivity contribution in [1.29, 1.82) is 0 Å². The molecule has 8 heteroatoms. The lowest BCUT2D eigenvalue weighted by atomic mass is 9.85. The minimum Gasteiger partial charge on any atom is -0.511 e. The van der Waals surface area contributed by atoms with Crippen LogP contribution in [0, 0.1) is 17.3 Å². The Morgan fingerprint density at radius 1 is 0.810 bits per heavy atom. The zero-order valence-electron chi connectivity index (χ0n) is 40.6. The summed E-state index contributed by atoms with van der Waals surface area (Å²) in [6.07, 6.45) is 29.4. The summed E-state index contributed by atoms with van der Waals surface area (Å²) in [7, 11) is 0. The Morgan fingerprint density at radius 3 is 1.98 bits per heavy atom. The SMILES string of the molecule is CCCCCCCCCCCCCCCCCCOC(=O)CC[C@@H]1C2=C3CC(O)=C4C3=NC(=C4CC)C=C3N=C(C=C4N=C(C=C(N2)[C@H]1C)C(C)=C4C(C)O)C(C)=C3CC(C)(C)C. The Labute approximate surface area is 380 Å². The fraction of sp³-hybridized carbons (Fsp3) is 0.636. The molecule has 3 atom stereocenters. The van der Waals surface area contributed by atoms with Crippen LogP contribution in [0.5, 0.6) is 0 Å². The third kappa shape index (κ3) is 12.0. The number of unbranched alkanes of at least 4 members (excludes halogenated alkanes) is 15. The fourth-order valence-electron chi connectivity index (χ4n) is 10.4. The van der Waals surface area contributed by atoms with Crippen LogP contribution in [0.3, 0.4) is 0 Å². The van der Waals surface area contributed by atoms with Crippen molar-refractivity contribution in [2.45, 2.75) is 203 Å². The van der Waals surface area contributed by atoms with E-state index in [4.69, 9.17) is 19.7 Å². The van der Waals surface area contributed by atoms with Crippen LogP contribution >= 0.6 is 0 Å². The van der Waals surface area contributed by atoms with Crippen LogP contribution in [0.1, 0.15) is 197 Å². The number of aliphatic hydroxyl groups is 2. The molecule has 3 N–H and O–H groups in total. The molecule has 8 bridgehead atoms. The van der Waals surface area contributed by atoms with E-state index in [-0.39, 0.29) is 23.2 Å². The Hall–Kier alpha value is -4.04. The number of aliphatic imine (C=N–C) groups is 3. The second-order valence-corrected chi connectivity index (χ2v) is 20.4. The van der Waals surface area contributed by atoms with E-state index in [1.165, 1.54) is 95.5 Å². The second-order valence-electron chi connectivity index (χ2n) is 20.4. The quantitative estimate of drug-likeness (QED) is 0.0699. The molecule has 1 fully saturated rings. The molecule has 0 aromatic heterocycles. The molecule has 0 amide bonds. The molecule has 6 aliphatic rings. The van der Waals surface area contributed by atoms with Gasteiger partial charge in [0.15, 0.2) is 0 Å². The van der Waals surface area contributed by atoms with Gasteiger partial charge in [0.05, 0.1) is 46.9 Å². The number of fused-ring (bicyclic) bond motifs is 5. The van der Waals surface area contributed by atoms with E-state index >= 15 is 0 Å². The Balaban J connectivity index is 1.13. The van der Waals surface area contributed by atoms with Gasteiger partial charge < -0.3 is 20.3 Å². The number of hydrogen-bond acceptors (Lipinski definition) is 8. The predicted octanol–water partition coefficient (Wildman–Crippen LogP) is 14.0. The highest BCUT2D eigenvalue weighted by molar-refractivity contribution is 6.21. The van der Waals surface area contributed by atoms with Gasteiger partial charge in [-0.3, -0.25) is 4.79 Å². The van der Waals surface area contributed by atoms with E-state index in [0.29, 0.717) is 38.0 Å². The zero-order chi connectivity index (χ0) is 45.3. The van der Waals surface area contributed by atoms with Crippen molar-refractivity contribution < 1.29 is 19.7 Å². The van der Waals surface area contributed by atoms with Crippen molar-refractivity contribution in [2.75, 3.05) is 6.61 Å². The number of nitrogens with zero attached hydrogens (tertiary/aromatic N) is 3. The van der Waals surface area contributed by atoms with Gasteiger partial charge in [-0.2, -0.15) is 0 Å². The first-order chi connectivity index (χ1) is 30.2. The number of rotatable bonds is 23. The molecule has 0 aromatic carbocycles. The van der Waals surface area contributed by atoms with Gasteiger partial charge in [-0.25, -0.2) is 15.0 Å². The van der Waals surface area contributed by atoms with Crippen LogP contribution in [0.15, 0.2) is 106 Å². The molecule has 0 spiro atoms. The van der Waals surface area contributed by atoms with Gasteiger partial charge in [0, 0.05) is 52.8 Å². The molecule has 344 valence electrons. The summed E-state index contributed by atoms with van der Waals surface area (Å²) < 4.78 is 5.81. The number of ether oxygens (including phenoxy) is 1. The third-order valence-electron chi connectivity index (χ3n) is 14.0. The summed E-state index contributed by atoms with van der Waals surface area (Å²) in [4.78, 5) is 29.0. The first-order valence-electron chi connectivity index (χ1n) is 25.1. The molecular weight excluding hydrogens is 781 g/mol. The van der Waals surface area contributed by atoms with Crippen molar-refractivity contribution in [2.24, 2.45) is 32.2 Å². The normalized spacial score (nSPS) is 21.3. The summed E-state index contributed by atoms with van der Waals surface area (Å²) in [6, 6.07) is 0. The molecule has 8 nitrogen and oxygen atoms in total. The number of carbonyl (C=O) groups excluding carboxylic acids is 1. The van der Waals surface area contributed by atoms with Gasteiger partial charge in [-0.05, 0) is 92.4 Å². The van der Waals surface area contributed by atoms with E-state index in [0.717, 1.165) is 98.3 Å². The van der Waals surface area contributed by atoms with Crippen LogP contribution < -0.4 is 5.32 Å². The number of allylic oxidation sites excluding steroid dienone is 11. The molecular formula is C55H80N4O4. The highest BCUT2D eigenvalue weighted by Crippen LogP contribution is 2.47. The molecule has 5 heterocycles. The maximum atomic E-state index is 13.3. The van der Waals surface area contributed by atoms with Crippen molar-refractivity contribution in [3.8, 4) is 0 Å². The fourth-order valence-corrected chi connectivity index (χ4v) is 10.4. The molecule has 0 aromatic rings. The Kier molecular flexibility index (Phi) is 17.1. The molecule has 63 heavy (non-hydrogen) atoms. The minimum atomic E-state index is -0.716. The van der Waals surface area contributed by atoms with Crippen molar-refractivity contribution in [3.05, 3.63) is 91.5 Å². The van der Waals surface area contributed by atoms with Crippen molar-refractivity contribution in [1.82, 2.24) is 5.32 Å². The zero-order valence-corrected chi connectivity index (χ0v) is 40.6. The Bertz CT molecular complexity index is 2090. The first-order valence-corrected chi connectivity index (χ1v) is 25.1. The summed E-state index contributed by atoms with van der Waals surface area (Å²) >= 11 is 0. The number of aliphatic hydroxyl groups excluding tert-OH is 2. The average molecular weight is 861 g/mol. The van der Waals surface area contributed by atoms with Crippen LogP contribution in [-0.4, -0.2) is 46.0 Å². The van der Waals surface area contributed by atoms with Crippen LogP contribution in [0.25, 0.3) is 0 Å². The number of hydrogen-bond donors (Lipinski definition) is 3. The molecule has 1 aliphatic carbocycles. The van der Waals surface area contributed by atoms with Crippen molar-refractivity contribution in [3.63, 3.8) is 0 Å². The summed E-state index contributed by atoms with van der Waals surface area (Å²) in [5, 5.41) is 26.6. The largest absolute Gasteiger partial charge is 0.511 e. The average Bonchev–Trinajstić information content (AvgIpc) is 4.00. The summed E-state index contributed by atoms with van der Waals surface area (Å²) in [6.45, 7) is 19.8. The Morgan fingerprint density at radius 2 is 1.40 bits per heavy atom. The lowest BCUT2D eigenvalue weighted by Crippen LogP contribution is -2.16. The van der Waals surface area contributed by atoms with Gasteiger partial charge >= 0.3 is 5.97 Å². The van der Waals surface area contributed by atoms with Crippen LogP contribution in [0.2, 0.25) is 0 Å². The lowest BCUT2D eigenvalue weighted by Gasteiger charge is -2.20. The van der Waals surface area contributed by atoms with E-state index in [9.17, 15) is 15.0 Å². The van der Waals surface area contributed by atoms with E-state index in [1.54, 1.807) is 6.92 Å². The number of esters is 1. The third-order valence-corrected chi connectivity index (χ3v) is 14.0. The second kappa shape index (κ2) is 22.2. The highest BCUT2D eigenvalue weighted by atomic mass is 16.5. The van der Waals surface area contributed by atoms with Crippen LogP contribution in [-0.2, 0) is 9.53 Å². The predicted molar refractivity (Wildman–Crippen MR) is 262 cm³/mol. The lowest BCUT2D eigenvalue weighted by molar-refractivity contribution is -0.144. The van der Waals surface area contributed by atoms with Gasteiger partial charge in [0.2, 0.25) is 0 Å². The van der Waals surface area contributed by atoms with Gasteiger partial charge in [0.1, 0.15) is 5.76 Å². The van der Waals surface area contributed by atoms with E-state index < -0.39 is 6.10 Å². The minimum absolute atomic E-state index is 0.0181. The standard InChI is InChI=1S/C55H80N4O4/c1-10-12-13-14-15-16-17-18-19-20-21-22-23-24-25-26-29-63-50(62)28-27-40-35(3)44-31-45-37(5)51(38(6)60)48(57-45)32-43-36(4)42(34-55(7,8)9)47(56-43)33-46-39(11-2)52-49(61)30-41(53(40)58-44)54(52)59-46/h31-33,35,38,40,58,60-61H,10-30,34H2,1-9H3/t35-,38?,40-/m0/s1. The molecule has 0 radical (unpaired) electrons. The number of nitrogens with one attached hydrogen (secondary N) is 1. The molecule has 5 aliphatic heterocycles. The molecule has 1 saturated heterocycles. The summed E-state index contributed by atoms with van der Waals surface area (Å²) in [5.74, 6) is 0.209. The maximum Gasteiger partial charge on any atom is 0.305 e. The van der Waals surface area contributed by atoms with Gasteiger partial charge in [0.25, 0.3) is 0 Å². The highest BCUT2D eigenvalue weighted by Gasteiger charge is 2.42. The molecule has 0 saturated carbocycles. The monoisotopic (exact) mass is 861 g/mol.